The van der Waals surface area contributed by atoms with Gasteiger partial charge >= 0.3 is 0 Å². The van der Waals surface area contributed by atoms with E-state index in [1.807, 2.05) is 36.1 Å². The molecule has 1 N–H and O–H groups in total. The summed E-state index contributed by atoms with van der Waals surface area (Å²) < 4.78 is 0. The van der Waals surface area contributed by atoms with Gasteiger partial charge in [0.05, 0.1) is 5.92 Å². The second-order valence-electron chi connectivity index (χ2n) is 6.02. The summed E-state index contributed by atoms with van der Waals surface area (Å²) >= 11 is 0. The van der Waals surface area contributed by atoms with Gasteiger partial charge in [-0.3, -0.25) is 9.59 Å². The molecule has 1 atom stereocenters. The van der Waals surface area contributed by atoms with Gasteiger partial charge in [-0.05, 0) is 36.8 Å². The molecule has 1 saturated heterocycles. The second-order valence-corrected chi connectivity index (χ2v) is 6.02. The first-order chi connectivity index (χ1) is 10.2. The summed E-state index contributed by atoms with van der Waals surface area (Å²) in [6.45, 7) is 3.61. The van der Waals surface area contributed by atoms with Gasteiger partial charge in [0.15, 0.2) is 0 Å². The zero-order valence-corrected chi connectivity index (χ0v) is 12.5. The van der Waals surface area contributed by atoms with Crippen LogP contribution in [0.5, 0.6) is 0 Å². The van der Waals surface area contributed by atoms with Gasteiger partial charge in [0.1, 0.15) is 0 Å². The highest BCUT2D eigenvalue weighted by molar-refractivity contribution is 6.03. The maximum atomic E-state index is 12.3. The number of carbonyl (C=O) groups excluding carboxylic acids is 2. The minimum atomic E-state index is -0.0374. The topological polar surface area (TPSA) is 49.4 Å². The monoisotopic (exact) mass is 286 g/mol. The van der Waals surface area contributed by atoms with Crippen LogP contribution < -0.4 is 5.32 Å². The Morgan fingerprint density at radius 1 is 1.29 bits per heavy atom. The molecule has 3 rings (SSSR count). The second kappa shape index (κ2) is 5.88. The number of likely N-dealkylation sites (tertiary alicyclic amines) is 1. The number of rotatable bonds is 3. The van der Waals surface area contributed by atoms with Crippen molar-refractivity contribution in [2.24, 2.45) is 5.92 Å². The van der Waals surface area contributed by atoms with Crippen molar-refractivity contribution in [3.05, 3.63) is 29.8 Å². The van der Waals surface area contributed by atoms with E-state index in [4.69, 9.17) is 0 Å². The number of para-hydroxylation sites is 1. The molecule has 21 heavy (non-hydrogen) atoms. The first-order valence-corrected chi connectivity index (χ1v) is 7.88. The highest BCUT2D eigenvalue weighted by Gasteiger charge is 2.38. The first-order valence-electron chi connectivity index (χ1n) is 7.88. The van der Waals surface area contributed by atoms with Crippen molar-refractivity contribution in [2.45, 2.75) is 38.5 Å². The molecule has 2 aliphatic rings. The molecule has 0 aromatic heterocycles. The van der Waals surface area contributed by atoms with Crippen LogP contribution >= 0.6 is 0 Å². The molecule has 1 unspecified atom stereocenters. The standard InChI is InChI=1S/C17H22N2O2/c1-2-5-15(20)19-10-8-12(9-11-19)16-13-6-3-4-7-14(13)18-17(16)21/h3-4,6-7,12,16H,2,5,8-11H2,1H3,(H,18,21). The molecule has 2 amide bonds. The molecule has 2 heterocycles. The average molecular weight is 286 g/mol. The van der Waals surface area contributed by atoms with Crippen LogP contribution in [0.1, 0.15) is 44.1 Å². The fraction of sp³-hybridized carbons (Fsp3) is 0.529. The molecule has 4 heteroatoms. The molecule has 0 saturated carbocycles. The molecule has 2 aliphatic heterocycles. The number of anilines is 1. The quantitative estimate of drug-likeness (QED) is 0.929. The number of nitrogens with one attached hydrogen (secondary N) is 1. The van der Waals surface area contributed by atoms with Crippen LogP contribution in [0.2, 0.25) is 0 Å². The summed E-state index contributed by atoms with van der Waals surface area (Å²) in [5.41, 5.74) is 2.08. The van der Waals surface area contributed by atoms with Gasteiger partial charge in [-0.2, -0.15) is 0 Å². The Morgan fingerprint density at radius 2 is 2.00 bits per heavy atom. The van der Waals surface area contributed by atoms with Gasteiger partial charge < -0.3 is 10.2 Å². The van der Waals surface area contributed by atoms with Crippen molar-refractivity contribution >= 4 is 17.5 Å². The number of fused-ring (bicyclic) bond motifs is 1. The van der Waals surface area contributed by atoms with E-state index in [0.29, 0.717) is 12.3 Å². The Bertz CT molecular complexity index is 547. The lowest BCUT2D eigenvalue weighted by atomic mass is 9.80. The molecule has 0 aliphatic carbocycles. The van der Waals surface area contributed by atoms with E-state index in [1.165, 1.54) is 0 Å². The fourth-order valence-corrected chi connectivity index (χ4v) is 3.56. The van der Waals surface area contributed by atoms with Gasteiger partial charge in [-0.15, -0.1) is 0 Å². The van der Waals surface area contributed by atoms with E-state index in [2.05, 4.69) is 5.32 Å². The molecular formula is C17H22N2O2. The number of hydrogen-bond donors (Lipinski definition) is 1. The summed E-state index contributed by atoms with van der Waals surface area (Å²) in [6.07, 6.45) is 3.37. The minimum absolute atomic E-state index is 0.0374. The molecule has 1 aromatic carbocycles. The van der Waals surface area contributed by atoms with Gasteiger partial charge in [-0.25, -0.2) is 0 Å². The van der Waals surface area contributed by atoms with E-state index in [1.54, 1.807) is 0 Å². The van der Waals surface area contributed by atoms with E-state index in [-0.39, 0.29) is 17.7 Å². The first kappa shape index (κ1) is 14.1. The molecule has 112 valence electrons. The van der Waals surface area contributed by atoms with Crippen LogP contribution in [0.25, 0.3) is 0 Å². The van der Waals surface area contributed by atoms with Crippen molar-refractivity contribution < 1.29 is 9.59 Å². The van der Waals surface area contributed by atoms with Crippen molar-refractivity contribution in [2.75, 3.05) is 18.4 Å². The summed E-state index contributed by atoms with van der Waals surface area (Å²) in [6, 6.07) is 7.96. The predicted molar refractivity (Wildman–Crippen MR) is 82.0 cm³/mol. The highest BCUT2D eigenvalue weighted by atomic mass is 16.2. The van der Waals surface area contributed by atoms with E-state index >= 15 is 0 Å². The number of benzene rings is 1. The Balaban J connectivity index is 1.67. The Morgan fingerprint density at radius 3 is 2.71 bits per heavy atom. The van der Waals surface area contributed by atoms with E-state index < -0.39 is 0 Å². The predicted octanol–water partition coefficient (Wildman–Crippen LogP) is 2.76. The third-order valence-electron chi connectivity index (χ3n) is 4.66. The lowest BCUT2D eigenvalue weighted by Gasteiger charge is -2.34. The van der Waals surface area contributed by atoms with Crippen LogP contribution in [-0.2, 0) is 9.59 Å². The molecule has 4 nitrogen and oxygen atoms in total. The average Bonchev–Trinajstić information content (AvgIpc) is 2.83. The zero-order valence-electron chi connectivity index (χ0n) is 12.5. The van der Waals surface area contributed by atoms with E-state index in [9.17, 15) is 9.59 Å². The van der Waals surface area contributed by atoms with Crippen molar-refractivity contribution in [1.29, 1.82) is 0 Å². The van der Waals surface area contributed by atoms with Crippen LogP contribution in [0, 0.1) is 5.92 Å². The van der Waals surface area contributed by atoms with Crippen LogP contribution in [0.3, 0.4) is 0 Å². The third kappa shape index (κ3) is 2.67. The Hall–Kier alpha value is -1.84. The highest BCUT2D eigenvalue weighted by Crippen LogP contribution is 2.41. The fourth-order valence-electron chi connectivity index (χ4n) is 3.56. The normalized spacial score (nSPS) is 22.0. The molecule has 1 aromatic rings. The maximum absolute atomic E-state index is 12.3. The summed E-state index contributed by atoms with van der Waals surface area (Å²) in [7, 11) is 0. The smallest absolute Gasteiger partial charge is 0.232 e. The molecule has 0 spiro atoms. The Kier molecular flexibility index (Phi) is 3.95. The number of nitrogens with zero attached hydrogens (tertiary/aromatic N) is 1. The largest absolute Gasteiger partial charge is 0.343 e. The summed E-state index contributed by atoms with van der Waals surface area (Å²) in [5.74, 6) is 0.686. The molecule has 1 fully saturated rings. The number of hydrogen-bond acceptors (Lipinski definition) is 2. The van der Waals surface area contributed by atoms with Gasteiger partial charge in [0.25, 0.3) is 0 Å². The van der Waals surface area contributed by atoms with Crippen molar-refractivity contribution in [3.63, 3.8) is 0 Å². The third-order valence-corrected chi connectivity index (χ3v) is 4.66. The Labute approximate surface area is 125 Å². The van der Waals surface area contributed by atoms with Crippen LogP contribution in [-0.4, -0.2) is 29.8 Å². The van der Waals surface area contributed by atoms with Crippen LogP contribution in [0.4, 0.5) is 5.69 Å². The lowest BCUT2D eigenvalue weighted by Crippen LogP contribution is -2.40. The number of carbonyl (C=O) groups is 2. The number of amides is 2. The van der Waals surface area contributed by atoms with Gasteiger partial charge in [0, 0.05) is 25.2 Å². The molecule has 0 bridgehead atoms. The molecular weight excluding hydrogens is 264 g/mol. The summed E-state index contributed by atoms with van der Waals surface area (Å²) in [4.78, 5) is 26.1. The van der Waals surface area contributed by atoms with Crippen LogP contribution in [0.15, 0.2) is 24.3 Å². The lowest BCUT2D eigenvalue weighted by molar-refractivity contribution is -0.132. The minimum Gasteiger partial charge on any atom is -0.343 e. The zero-order chi connectivity index (χ0) is 14.8. The van der Waals surface area contributed by atoms with E-state index in [0.717, 1.165) is 43.6 Å². The maximum Gasteiger partial charge on any atom is 0.232 e. The summed E-state index contributed by atoms with van der Waals surface area (Å²) in [5, 5.41) is 2.98. The van der Waals surface area contributed by atoms with Crippen molar-refractivity contribution in [1.82, 2.24) is 4.90 Å². The SMILES string of the molecule is CCCC(=O)N1CCC(C2C(=O)Nc3ccccc32)CC1. The van der Waals surface area contributed by atoms with Gasteiger partial charge in [0.2, 0.25) is 11.8 Å². The molecule has 0 radical (unpaired) electrons. The van der Waals surface area contributed by atoms with Gasteiger partial charge in [-0.1, -0.05) is 25.1 Å². The van der Waals surface area contributed by atoms with Crippen molar-refractivity contribution in [3.8, 4) is 0 Å². The number of piperidine rings is 1.